The number of hydrogen-bond acceptors (Lipinski definition) is 6. The number of carbonyl (C=O) groups excluding carboxylic acids is 2. The van der Waals surface area contributed by atoms with Crippen molar-refractivity contribution in [3.8, 4) is 11.5 Å². The van der Waals surface area contributed by atoms with E-state index in [-0.39, 0.29) is 28.7 Å². The molecule has 0 aromatic heterocycles. The third-order valence-corrected chi connectivity index (χ3v) is 7.03. The highest BCUT2D eigenvalue weighted by Crippen LogP contribution is 2.35. The quantitative estimate of drug-likeness (QED) is 0.520. The van der Waals surface area contributed by atoms with Gasteiger partial charge in [-0.15, -0.1) is 0 Å². The standard InChI is InChI=1S/C25H25N3O6S/c1-26-35(31,32)23-14-18(12-13-21(23)33-2)25(30)28-16-22(34-20-11-7-6-10-19(20)28)24(29)27-15-17-8-4-3-5-9-17/h3-14,22,26H,15-16H2,1-2H3,(H,27,29)/t22-/m1/s1. The lowest BCUT2D eigenvalue weighted by Gasteiger charge is -2.34. The van der Waals surface area contributed by atoms with Crippen LogP contribution in [-0.4, -0.2) is 47.0 Å². The molecule has 182 valence electrons. The van der Waals surface area contributed by atoms with Gasteiger partial charge >= 0.3 is 0 Å². The number of anilines is 1. The van der Waals surface area contributed by atoms with Crippen molar-refractivity contribution in [2.75, 3.05) is 25.6 Å². The monoisotopic (exact) mass is 495 g/mol. The number of nitrogens with one attached hydrogen (secondary N) is 2. The number of rotatable bonds is 7. The average Bonchev–Trinajstić information content (AvgIpc) is 2.90. The molecule has 4 rings (SSSR count). The normalized spacial score (nSPS) is 15.0. The first-order valence-corrected chi connectivity index (χ1v) is 12.3. The zero-order valence-electron chi connectivity index (χ0n) is 19.2. The van der Waals surface area contributed by atoms with E-state index in [2.05, 4.69) is 10.0 Å². The number of nitrogens with zero attached hydrogens (tertiary/aromatic N) is 1. The molecule has 1 heterocycles. The molecule has 0 fully saturated rings. The van der Waals surface area contributed by atoms with Crippen LogP contribution in [0.15, 0.2) is 77.7 Å². The van der Waals surface area contributed by atoms with Gasteiger partial charge in [0, 0.05) is 12.1 Å². The van der Waals surface area contributed by atoms with Crippen molar-refractivity contribution in [1.82, 2.24) is 10.0 Å². The zero-order valence-corrected chi connectivity index (χ0v) is 20.0. The Bertz CT molecular complexity index is 1340. The maximum Gasteiger partial charge on any atom is 0.263 e. The maximum atomic E-state index is 13.6. The number of sulfonamides is 1. The zero-order chi connectivity index (χ0) is 25.0. The van der Waals surface area contributed by atoms with Gasteiger partial charge in [0.2, 0.25) is 10.0 Å². The minimum atomic E-state index is -3.88. The number of amides is 2. The molecule has 10 heteroatoms. The molecule has 0 aliphatic carbocycles. The largest absolute Gasteiger partial charge is 0.495 e. The van der Waals surface area contributed by atoms with Crippen molar-refractivity contribution in [3.05, 3.63) is 83.9 Å². The van der Waals surface area contributed by atoms with Gasteiger partial charge < -0.3 is 19.7 Å². The molecule has 2 amide bonds. The molecule has 1 aliphatic rings. The lowest BCUT2D eigenvalue weighted by atomic mass is 10.1. The van der Waals surface area contributed by atoms with E-state index in [1.807, 2.05) is 30.3 Å². The molecule has 0 radical (unpaired) electrons. The molecule has 0 unspecified atom stereocenters. The van der Waals surface area contributed by atoms with E-state index >= 15 is 0 Å². The van der Waals surface area contributed by atoms with Crippen molar-refractivity contribution in [2.24, 2.45) is 0 Å². The number of hydrogen-bond donors (Lipinski definition) is 2. The summed E-state index contributed by atoms with van der Waals surface area (Å²) in [5.41, 5.74) is 1.54. The summed E-state index contributed by atoms with van der Waals surface area (Å²) in [4.78, 5) is 27.7. The fourth-order valence-electron chi connectivity index (χ4n) is 3.75. The van der Waals surface area contributed by atoms with Crippen LogP contribution in [0.5, 0.6) is 11.5 Å². The van der Waals surface area contributed by atoms with E-state index in [9.17, 15) is 18.0 Å². The molecule has 9 nitrogen and oxygen atoms in total. The van der Waals surface area contributed by atoms with Gasteiger partial charge in [-0.2, -0.15) is 0 Å². The van der Waals surface area contributed by atoms with Crippen molar-refractivity contribution in [2.45, 2.75) is 17.5 Å². The molecule has 35 heavy (non-hydrogen) atoms. The Labute approximate surface area is 203 Å². The highest BCUT2D eigenvalue weighted by atomic mass is 32.2. The Balaban J connectivity index is 1.62. The Morgan fingerprint density at radius 3 is 2.49 bits per heavy atom. The Morgan fingerprint density at radius 1 is 1.06 bits per heavy atom. The Morgan fingerprint density at radius 2 is 1.77 bits per heavy atom. The van der Waals surface area contributed by atoms with Gasteiger partial charge in [-0.25, -0.2) is 13.1 Å². The average molecular weight is 496 g/mol. The van der Waals surface area contributed by atoms with Crippen LogP contribution < -0.4 is 24.4 Å². The van der Waals surface area contributed by atoms with E-state index < -0.39 is 22.0 Å². The van der Waals surface area contributed by atoms with Gasteiger partial charge in [-0.1, -0.05) is 42.5 Å². The van der Waals surface area contributed by atoms with Gasteiger partial charge in [0.25, 0.3) is 11.8 Å². The molecule has 3 aromatic carbocycles. The predicted octanol–water partition coefficient (Wildman–Crippen LogP) is 2.33. The summed E-state index contributed by atoms with van der Waals surface area (Å²) in [6.45, 7) is 0.273. The number of fused-ring (bicyclic) bond motifs is 1. The molecular formula is C25H25N3O6S. The first kappa shape index (κ1) is 24.2. The molecule has 0 spiro atoms. The molecule has 3 aromatic rings. The molecule has 0 saturated heterocycles. The Hall–Kier alpha value is -3.89. The Kier molecular flexibility index (Phi) is 7.04. The van der Waals surface area contributed by atoms with Crippen LogP contribution in [0.3, 0.4) is 0 Å². The van der Waals surface area contributed by atoms with Gasteiger partial charge in [-0.3, -0.25) is 9.59 Å². The smallest absolute Gasteiger partial charge is 0.263 e. The first-order valence-electron chi connectivity index (χ1n) is 10.8. The molecular weight excluding hydrogens is 470 g/mol. The highest BCUT2D eigenvalue weighted by molar-refractivity contribution is 7.89. The van der Waals surface area contributed by atoms with Crippen molar-refractivity contribution < 1.29 is 27.5 Å². The summed E-state index contributed by atoms with van der Waals surface area (Å²) in [6, 6.07) is 20.5. The van der Waals surface area contributed by atoms with E-state index in [4.69, 9.17) is 9.47 Å². The molecule has 0 bridgehead atoms. The first-order chi connectivity index (χ1) is 16.8. The van der Waals surface area contributed by atoms with E-state index in [0.29, 0.717) is 18.0 Å². The summed E-state index contributed by atoms with van der Waals surface area (Å²) >= 11 is 0. The van der Waals surface area contributed by atoms with Gasteiger partial charge in [0.05, 0.1) is 19.3 Å². The minimum Gasteiger partial charge on any atom is -0.495 e. The van der Waals surface area contributed by atoms with Crippen molar-refractivity contribution in [1.29, 1.82) is 0 Å². The summed E-state index contributed by atoms with van der Waals surface area (Å²) < 4.78 is 38.2. The predicted molar refractivity (Wildman–Crippen MR) is 130 cm³/mol. The number of benzene rings is 3. The second-order valence-electron chi connectivity index (χ2n) is 7.77. The summed E-state index contributed by atoms with van der Waals surface area (Å²) in [5, 5.41) is 2.84. The second-order valence-corrected chi connectivity index (χ2v) is 9.62. The third kappa shape index (κ3) is 5.13. The van der Waals surface area contributed by atoms with Crippen LogP contribution in [0.25, 0.3) is 0 Å². The van der Waals surface area contributed by atoms with Crippen molar-refractivity contribution in [3.63, 3.8) is 0 Å². The van der Waals surface area contributed by atoms with E-state index in [0.717, 1.165) is 5.56 Å². The summed E-state index contributed by atoms with van der Waals surface area (Å²) in [5.74, 6) is -0.355. The maximum absolute atomic E-state index is 13.6. The third-order valence-electron chi connectivity index (χ3n) is 5.59. The lowest BCUT2D eigenvalue weighted by Crippen LogP contribution is -2.50. The fourth-order valence-corrected chi connectivity index (χ4v) is 4.67. The lowest BCUT2D eigenvalue weighted by molar-refractivity contribution is -0.128. The van der Waals surface area contributed by atoms with Crippen molar-refractivity contribution >= 4 is 27.5 Å². The second kappa shape index (κ2) is 10.2. The minimum absolute atomic E-state index is 0.0450. The topological polar surface area (TPSA) is 114 Å². The van der Waals surface area contributed by atoms with E-state index in [1.54, 1.807) is 24.3 Å². The number of methoxy groups -OCH3 is 1. The molecule has 1 aliphatic heterocycles. The number of carbonyl (C=O) groups is 2. The summed E-state index contributed by atoms with van der Waals surface area (Å²) in [7, 11) is -1.25. The van der Waals surface area contributed by atoms with Crippen LogP contribution in [0.1, 0.15) is 15.9 Å². The molecule has 2 N–H and O–H groups in total. The molecule has 0 saturated carbocycles. The van der Waals surface area contributed by atoms with Crippen LogP contribution in [0.4, 0.5) is 5.69 Å². The molecule has 1 atom stereocenters. The summed E-state index contributed by atoms with van der Waals surface area (Å²) in [6.07, 6.45) is -0.948. The van der Waals surface area contributed by atoms with Gasteiger partial charge in [-0.05, 0) is 42.9 Å². The van der Waals surface area contributed by atoms with Crippen LogP contribution in [-0.2, 0) is 21.4 Å². The highest BCUT2D eigenvalue weighted by Gasteiger charge is 2.34. The number of para-hydroxylation sites is 2. The van der Waals surface area contributed by atoms with Gasteiger partial charge in [0.15, 0.2) is 6.10 Å². The SMILES string of the molecule is CNS(=O)(=O)c1cc(C(=O)N2C[C@H](C(=O)NCc3ccccc3)Oc3ccccc32)ccc1OC. The van der Waals surface area contributed by atoms with Gasteiger partial charge in [0.1, 0.15) is 16.4 Å². The number of ether oxygens (including phenoxy) is 2. The van der Waals surface area contributed by atoms with Crippen LogP contribution in [0, 0.1) is 0 Å². The van der Waals surface area contributed by atoms with Crippen LogP contribution in [0.2, 0.25) is 0 Å². The van der Waals surface area contributed by atoms with Crippen LogP contribution >= 0.6 is 0 Å². The van der Waals surface area contributed by atoms with E-state index in [1.165, 1.54) is 37.3 Å². The fraction of sp³-hybridized carbons (Fsp3) is 0.200.